The van der Waals surface area contributed by atoms with Crippen LogP contribution in [-0.4, -0.2) is 36.2 Å². The maximum absolute atomic E-state index is 12.2. The Kier molecular flexibility index (Phi) is 5.23. The predicted octanol–water partition coefficient (Wildman–Crippen LogP) is 0.898. The molecule has 1 aliphatic heterocycles. The third-order valence-corrected chi connectivity index (χ3v) is 4.03. The van der Waals surface area contributed by atoms with Gasteiger partial charge in [-0.2, -0.15) is 0 Å². The van der Waals surface area contributed by atoms with Crippen LogP contribution in [0.25, 0.3) is 0 Å². The second-order valence-electron chi connectivity index (χ2n) is 6.76. The summed E-state index contributed by atoms with van der Waals surface area (Å²) in [5.41, 5.74) is 0.840. The van der Waals surface area contributed by atoms with Gasteiger partial charge in [0.2, 0.25) is 0 Å². The topological polar surface area (TPSA) is 53.8 Å². The van der Waals surface area contributed by atoms with Crippen LogP contribution in [0.2, 0.25) is 0 Å². The van der Waals surface area contributed by atoms with Crippen LogP contribution in [0.1, 0.15) is 38.7 Å². The van der Waals surface area contributed by atoms with Gasteiger partial charge >= 0.3 is 0 Å². The summed E-state index contributed by atoms with van der Waals surface area (Å²) in [5.74, 6) is 0.407. The number of rotatable bonds is 5. The van der Waals surface area contributed by atoms with E-state index in [0.29, 0.717) is 6.54 Å². The zero-order valence-corrected chi connectivity index (χ0v) is 13.1. The Morgan fingerprint density at radius 1 is 1.19 bits per heavy atom. The molecule has 0 radical (unpaired) electrons. The molecule has 21 heavy (non-hydrogen) atoms. The van der Waals surface area contributed by atoms with Gasteiger partial charge in [0, 0.05) is 5.54 Å². The molecule has 1 aromatic rings. The number of phenols is 1. The Balaban J connectivity index is 1.84. The minimum atomic E-state index is -0.275. The number of hydrogen-bond acceptors (Lipinski definition) is 2. The third kappa shape index (κ3) is 5.38. The van der Waals surface area contributed by atoms with Gasteiger partial charge in [-0.15, -0.1) is 0 Å². The lowest BCUT2D eigenvalue weighted by atomic mass is 9.95. The monoisotopic (exact) mass is 291 g/mol. The van der Waals surface area contributed by atoms with Crippen molar-refractivity contribution in [2.75, 3.05) is 19.6 Å². The highest BCUT2D eigenvalue weighted by Gasteiger charge is 2.24. The van der Waals surface area contributed by atoms with Gasteiger partial charge in [-0.1, -0.05) is 12.1 Å². The third-order valence-electron chi connectivity index (χ3n) is 4.03. The Morgan fingerprint density at radius 2 is 1.81 bits per heavy atom. The van der Waals surface area contributed by atoms with Crippen molar-refractivity contribution in [3.63, 3.8) is 0 Å². The van der Waals surface area contributed by atoms with Crippen molar-refractivity contribution in [3.8, 4) is 5.75 Å². The lowest BCUT2D eigenvalue weighted by Gasteiger charge is -2.28. The molecule has 4 nitrogen and oxygen atoms in total. The molecule has 0 spiro atoms. The van der Waals surface area contributed by atoms with Gasteiger partial charge < -0.3 is 15.3 Å². The summed E-state index contributed by atoms with van der Waals surface area (Å²) < 4.78 is 0. The summed E-state index contributed by atoms with van der Waals surface area (Å²) in [7, 11) is 0. The molecule has 1 aromatic carbocycles. The molecule has 1 amide bonds. The first-order valence-corrected chi connectivity index (χ1v) is 7.87. The summed E-state index contributed by atoms with van der Waals surface area (Å²) in [6, 6.07) is 7.18. The molecule has 0 aliphatic carbocycles. The molecule has 116 valence electrons. The van der Waals surface area contributed by atoms with E-state index < -0.39 is 0 Å². The van der Waals surface area contributed by atoms with E-state index in [1.807, 2.05) is 26.0 Å². The summed E-state index contributed by atoms with van der Waals surface area (Å²) in [5, 5.41) is 12.5. The fourth-order valence-corrected chi connectivity index (χ4v) is 3.05. The highest BCUT2D eigenvalue weighted by Crippen LogP contribution is 2.15. The number of nitrogens with one attached hydrogen (secondary N) is 2. The maximum Gasteiger partial charge on any atom is 0.275 e. The standard InChI is InChI=1S/C17H26N2O2/c1-17(2,12-14-6-8-15(20)9-7-14)18-16(21)13-19-10-4-3-5-11-19/h6-9,20H,3-5,10-13H2,1-2H3,(H,18,21)/p+1. The predicted molar refractivity (Wildman–Crippen MR) is 83.4 cm³/mol. The Bertz CT molecular complexity index is 462. The van der Waals surface area contributed by atoms with E-state index in [1.165, 1.54) is 24.2 Å². The molecule has 1 heterocycles. The van der Waals surface area contributed by atoms with E-state index in [9.17, 15) is 9.90 Å². The SMILES string of the molecule is CC(C)(Cc1ccc(O)cc1)NC(=O)C[NH+]1CCCCC1. The Morgan fingerprint density at radius 3 is 2.43 bits per heavy atom. The van der Waals surface area contributed by atoms with E-state index in [2.05, 4.69) is 5.32 Å². The van der Waals surface area contributed by atoms with Gasteiger partial charge in [-0.3, -0.25) is 4.79 Å². The average molecular weight is 291 g/mol. The van der Waals surface area contributed by atoms with Crippen molar-refractivity contribution in [1.82, 2.24) is 5.32 Å². The van der Waals surface area contributed by atoms with E-state index in [1.54, 1.807) is 12.1 Å². The first-order chi connectivity index (χ1) is 9.94. The van der Waals surface area contributed by atoms with Gasteiger partial charge in [0.25, 0.3) is 5.91 Å². The quantitative estimate of drug-likeness (QED) is 0.755. The number of aromatic hydroxyl groups is 1. The minimum absolute atomic E-state index is 0.135. The zero-order chi connectivity index (χ0) is 15.3. The van der Waals surface area contributed by atoms with Crippen molar-refractivity contribution >= 4 is 5.91 Å². The van der Waals surface area contributed by atoms with Crippen LogP contribution in [-0.2, 0) is 11.2 Å². The molecule has 1 aliphatic rings. The van der Waals surface area contributed by atoms with Gasteiger partial charge in [0.1, 0.15) is 5.75 Å². The summed E-state index contributed by atoms with van der Waals surface area (Å²) in [6.07, 6.45) is 4.53. The normalized spacial score (nSPS) is 16.7. The van der Waals surface area contributed by atoms with Crippen molar-refractivity contribution in [2.24, 2.45) is 0 Å². The average Bonchev–Trinajstić information content (AvgIpc) is 2.41. The fraction of sp³-hybridized carbons (Fsp3) is 0.588. The lowest BCUT2D eigenvalue weighted by molar-refractivity contribution is -0.896. The number of piperidine rings is 1. The van der Waals surface area contributed by atoms with E-state index in [4.69, 9.17) is 0 Å². The van der Waals surface area contributed by atoms with Crippen molar-refractivity contribution in [3.05, 3.63) is 29.8 Å². The first kappa shape index (κ1) is 15.8. The van der Waals surface area contributed by atoms with E-state index in [0.717, 1.165) is 25.1 Å². The summed E-state index contributed by atoms with van der Waals surface area (Å²) in [6.45, 7) is 6.91. The molecule has 4 heteroatoms. The van der Waals surface area contributed by atoms with Crippen molar-refractivity contribution in [1.29, 1.82) is 0 Å². The van der Waals surface area contributed by atoms with Crippen molar-refractivity contribution < 1.29 is 14.8 Å². The molecular formula is C17H27N2O2+. The number of benzene rings is 1. The largest absolute Gasteiger partial charge is 0.508 e. The molecule has 0 unspecified atom stereocenters. The minimum Gasteiger partial charge on any atom is -0.508 e. The van der Waals surface area contributed by atoms with Crippen LogP contribution in [0, 0.1) is 0 Å². The molecule has 2 rings (SSSR count). The van der Waals surface area contributed by atoms with E-state index >= 15 is 0 Å². The number of phenolic OH excluding ortho intramolecular Hbond substituents is 1. The number of likely N-dealkylation sites (tertiary alicyclic amines) is 1. The molecule has 0 saturated carbocycles. The molecule has 1 fully saturated rings. The number of quaternary nitrogens is 1. The first-order valence-electron chi connectivity index (χ1n) is 7.87. The number of hydrogen-bond donors (Lipinski definition) is 3. The second-order valence-corrected chi connectivity index (χ2v) is 6.76. The van der Waals surface area contributed by atoms with Crippen LogP contribution < -0.4 is 10.2 Å². The van der Waals surface area contributed by atoms with Crippen LogP contribution in [0.5, 0.6) is 5.75 Å². The summed E-state index contributed by atoms with van der Waals surface area (Å²) >= 11 is 0. The second kappa shape index (κ2) is 6.94. The van der Waals surface area contributed by atoms with Crippen LogP contribution in [0.3, 0.4) is 0 Å². The number of carbonyl (C=O) groups excluding carboxylic acids is 1. The van der Waals surface area contributed by atoms with Crippen LogP contribution >= 0.6 is 0 Å². The number of carbonyl (C=O) groups is 1. The van der Waals surface area contributed by atoms with E-state index in [-0.39, 0.29) is 17.2 Å². The van der Waals surface area contributed by atoms with Crippen molar-refractivity contribution in [2.45, 2.75) is 45.1 Å². The zero-order valence-electron chi connectivity index (χ0n) is 13.1. The molecule has 0 aromatic heterocycles. The van der Waals surface area contributed by atoms with Crippen LogP contribution in [0.4, 0.5) is 0 Å². The van der Waals surface area contributed by atoms with Gasteiger partial charge in [0.15, 0.2) is 6.54 Å². The molecular weight excluding hydrogens is 264 g/mol. The maximum atomic E-state index is 12.2. The van der Waals surface area contributed by atoms with Gasteiger partial charge in [-0.05, 0) is 57.2 Å². The smallest absolute Gasteiger partial charge is 0.275 e. The van der Waals surface area contributed by atoms with Gasteiger partial charge in [-0.25, -0.2) is 0 Å². The molecule has 1 saturated heterocycles. The molecule has 3 N–H and O–H groups in total. The fourth-order valence-electron chi connectivity index (χ4n) is 3.05. The van der Waals surface area contributed by atoms with Crippen LogP contribution in [0.15, 0.2) is 24.3 Å². The molecule has 0 bridgehead atoms. The summed E-state index contributed by atoms with van der Waals surface area (Å²) in [4.78, 5) is 13.6. The highest BCUT2D eigenvalue weighted by molar-refractivity contribution is 5.77. The lowest BCUT2D eigenvalue weighted by Crippen LogP contribution is -3.14. The molecule has 0 atom stereocenters. The highest BCUT2D eigenvalue weighted by atomic mass is 16.3. The Labute approximate surface area is 127 Å². The Hall–Kier alpha value is -1.55. The number of amides is 1. The van der Waals surface area contributed by atoms with Gasteiger partial charge in [0.05, 0.1) is 13.1 Å².